The number of halogens is 2. The molecule has 1 radical (unpaired) electrons. The van der Waals surface area contributed by atoms with Crippen molar-refractivity contribution in [2.45, 2.75) is 11.8 Å². The first kappa shape index (κ1) is 11.6. The highest BCUT2D eigenvalue weighted by molar-refractivity contribution is 7.80. The Kier molecular flexibility index (Phi) is 3.33. The van der Waals surface area contributed by atoms with Crippen LogP contribution in [-0.2, 0) is 0 Å². The lowest BCUT2D eigenvalue weighted by atomic mass is 10.0. The van der Waals surface area contributed by atoms with E-state index in [1.807, 2.05) is 25.1 Å². The molecule has 0 unspecified atom stereocenters. The van der Waals surface area contributed by atoms with E-state index in [0.717, 1.165) is 21.6 Å². The van der Waals surface area contributed by atoms with Crippen molar-refractivity contribution in [3.05, 3.63) is 46.2 Å². The van der Waals surface area contributed by atoms with Gasteiger partial charge in [0.2, 0.25) is 0 Å². The van der Waals surface area contributed by atoms with Gasteiger partial charge in [0.05, 0.1) is 5.02 Å². The maximum atomic E-state index is 5.94. The van der Waals surface area contributed by atoms with E-state index in [1.54, 1.807) is 12.3 Å². The number of aromatic nitrogens is 1. The molecular formula is C12H8Cl2NS. The Morgan fingerprint density at radius 1 is 1.25 bits per heavy atom. The Bertz CT molecular complexity index is 541. The Morgan fingerprint density at radius 3 is 2.69 bits per heavy atom. The number of benzene rings is 1. The van der Waals surface area contributed by atoms with E-state index in [4.69, 9.17) is 35.8 Å². The van der Waals surface area contributed by atoms with Gasteiger partial charge in [0.15, 0.2) is 0 Å². The standard InChI is InChI=1S/C12H8Cl2NS/c1-7-9(3-2-4-11(7)16)8-5-10(13)12(14)15-6-8/h2-6H,1H3. The molecule has 0 aliphatic carbocycles. The molecule has 0 bridgehead atoms. The zero-order valence-electron chi connectivity index (χ0n) is 8.50. The molecule has 1 aromatic heterocycles. The van der Waals surface area contributed by atoms with Crippen LogP contribution in [0.1, 0.15) is 5.56 Å². The molecule has 0 aliphatic rings. The highest BCUT2D eigenvalue weighted by Gasteiger charge is 2.07. The average Bonchev–Trinajstić information content (AvgIpc) is 2.26. The molecule has 1 heterocycles. The van der Waals surface area contributed by atoms with Gasteiger partial charge in [-0.15, -0.1) is 0 Å². The van der Waals surface area contributed by atoms with Crippen LogP contribution < -0.4 is 0 Å². The lowest BCUT2D eigenvalue weighted by Crippen LogP contribution is -1.87. The summed E-state index contributed by atoms with van der Waals surface area (Å²) in [6, 6.07) is 7.62. The van der Waals surface area contributed by atoms with Gasteiger partial charge in [-0.3, -0.25) is 0 Å². The molecule has 1 nitrogen and oxygen atoms in total. The van der Waals surface area contributed by atoms with E-state index < -0.39 is 0 Å². The summed E-state index contributed by atoms with van der Waals surface area (Å²) in [5.74, 6) is 0. The molecule has 0 fully saturated rings. The molecule has 2 rings (SSSR count). The number of pyridine rings is 1. The van der Waals surface area contributed by atoms with Crippen LogP contribution in [0.5, 0.6) is 0 Å². The smallest absolute Gasteiger partial charge is 0.147 e. The van der Waals surface area contributed by atoms with E-state index in [2.05, 4.69) is 4.98 Å². The van der Waals surface area contributed by atoms with E-state index >= 15 is 0 Å². The summed E-state index contributed by atoms with van der Waals surface area (Å²) in [6.07, 6.45) is 1.70. The Balaban J connectivity index is 2.59. The molecule has 2 aromatic rings. The van der Waals surface area contributed by atoms with Crippen molar-refractivity contribution >= 4 is 35.8 Å². The summed E-state index contributed by atoms with van der Waals surface area (Å²) >= 11 is 16.9. The third-order valence-electron chi connectivity index (χ3n) is 2.39. The van der Waals surface area contributed by atoms with Gasteiger partial charge in [-0.25, -0.2) is 4.98 Å². The van der Waals surface area contributed by atoms with Gasteiger partial charge in [-0.1, -0.05) is 48.0 Å². The number of hydrogen-bond acceptors (Lipinski definition) is 1. The summed E-state index contributed by atoms with van der Waals surface area (Å²) in [5, 5.41) is 0.769. The van der Waals surface area contributed by atoms with Crippen molar-refractivity contribution in [2.24, 2.45) is 0 Å². The van der Waals surface area contributed by atoms with Crippen LogP contribution in [0.3, 0.4) is 0 Å². The molecule has 0 aliphatic heterocycles. The van der Waals surface area contributed by atoms with Gasteiger partial charge in [-0.2, -0.15) is 0 Å². The summed E-state index contributed by atoms with van der Waals surface area (Å²) in [6.45, 7) is 1.99. The van der Waals surface area contributed by atoms with Crippen molar-refractivity contribution in [1.82, 2.24) is 4.98 Å². The molecule has 0 atom stereocenters. The summed E-state index contributed by atoms with van der Waals surface area (Å²) in [5.41, 5.74) is 3.02. The number of nitrogens with zero attached hydrogens (tertiary/aromatic N) is 1. The maximum absolute atomic E-state index is 5.94. The highest BCUT2D eigenvalue weighted by atomic mass is 35.5. The molecule has 81 valence electrons. The van der Waals surface area contributed by atoms with Crippen LogP contribution in [0.15, 0.2) is 35.4 Å². The van der Waals surface area contributed by atoms with Crippen LogP contribution in [0.4, 0.5) is 0 Å². The van der Waals surface area contributed by atoms with E-state index in [9.17, 15) is 0 Å². The van der Waals surface area contributed by atoms with E-state index in [1.165, 1.54) is 0 Å². The van der Waals surface area contributed by atoms with Crippen LogP contribution in [0, 0.1) is 6.92 Å². The summed E-state index contributed by atoms with van der Waals surface area (Å²) in [7, 11) is 0. The van der Waals surface area contributed by atoms with Gasteiger partial charge in [-0.05, 0) is 30.2 Å². The van der Waals surface area contributed by atoms with Crippen LogP contribution in [-0.4, -0.2) is 4.98 Å². The van der Waals surface area contributed by atoms with Crippen molar-refractivity contribution in [2.75, 3.05) is 0 Å². The Labute approximate surface area is 110 Å². The van der Waals surface area contributed by atoms with Gasteiger partial charge in [0.25, 0.3) is 0 Å². The fraction of sp³-hybridized carbons (Fsp3) is 0.0833. The molecular weight excluding hydrogens is 261 g/mol. The van der Waals surface area contributed by atoms with Crippen molar-refractivity contribution in [3.63, 3.8) is 0 Å². The Morgan fingerprint density at radius 2 is 2.00 bits per heavy atom. The topological polar surface area (TPSA) is 12.9 Å². The normalized spacial score (nSPS) is 10.4. The first-order valence-electron chi connectivity index (χ1n) is 4.67. The SMILES string of the molecule is Cc1c([S])cccc1-c1cnc(Cl)c(Cl)c1. The fourth-order valence-electron chi connectivity index (χ4n) is 1.50. The van der Waals surface area contributed by atoms with Gasteiger partial charge in [0.1, 0.15) is 5.15 Å². The van der Waals surface area contributed by atoms with Gasteiger partial charge in [0, 0.05) is 16.7 Å². The van der Waals surface area contributed by atoms with Crippen LogP contribution in [0.25, 0.3) is 11.1 Å². The zero-order chi connectivity index (χ0) is 11.7. The van der Waals surface area contributed by atoms with Crippen molar-refractivity contribution in [3.8, 4) is 11.1 Å². The van der Waals surface area contributed by atoms with Gasteiger partial charge < -0.3 is 0 Å². The van der Waals surface area contributed by atoms with Crippen LogP contribution in [0.2, 0.25) is 10.2 Å². The lowest BCUT2D eigenvalue weighted by Gasteiger charge is -2.07. The third kappa shape index (κ3) is 2.14. The molecule has 0 N–H and O–H groups in total. The van der Waals surface area contributed by atoms with Crippen molar-refractivity contribution < 1.29 is 0 Å². The number of hydrogen-bond donors (Lipinski definition) is 0. The summed E-state index contributed by atoms with van der Waals surface area (Å²) < 4.78 is 0. The van der Waals surface area contributed by atoms with Crippen molar-refractivity contribution in [1.29, 1.82) is 0 Å². The molecule has 16 heavy (non-hydrogen) atoms. The summed E-state index contributed by atoms with van der Waals surface area (Å²) in [4.78, 5) is 4.86. The lowest BCUT2D eigenvalue weighted by molar-refractivity contribution is 1.28. The highest BCUT2D eigenvalue weighted by Crippen LogP contribution is 2.30. The maximum Gasteiger partial charge on any atom is 0.147 e. The molecule has 1 aromatic carbocycles. The quantitative estimate of drug-likeness (QED) is 0.669. The fourth-order valence-corrected chi connectivity index (χ4v) is 1.95. The van der Waals surface area contributed by atoms with Crippen LogP contribution >= 0.6 is 35.8 Å². The number of rotatable bonds is 1. The molecule has 0 spiro atoms. The molecule has 0 amide bonds. The van der Waals surface area contributed by atoms with E-state index in [0.29, 0.717) is 10.2 Å². The minimum atomic E-state index is 0.317. The monoisotopic (exact) mass is 268 g/mol. The predicted molar refractivity (Wildman–Crippen MR) is 70.3 cm³/mol. The average molecular weight is 269 g/mol. The second-order valence-corrected chi connectivity index (χ2v) is 4.63. The molecule has 0 saturated heterocycles. The minimum absolute atomic E-state index is 0.317. The Hall–Kier alpha value is -0.830. The first-order valence-corrected chi connectivity index (χ1v) is 5.84. The zero-order valence-corrected chi connectivity index (χ0v) is 10.8. The molecule has 0 saturated carbocycles. The van der Waals surface area contributed by atoms with E-state index in [-0.39, 0.29) is 0 Å². The largest absolute Gasteiger partial charge is 0.242 e. The minimum Gasteiger partial charge on any atom is -0.242 e. The predicted octanol–water partition coefficient (Wildman–Crippen LogP) is 4.92. The van der Waals surface area contributed by atoms with Gasteiger partial charge >= 0.3 is 0 Å². The first-order chi connectivity index (χ1) is 7.59. The second-order valence-electron chi connectivity index (χ2n) is 3.43. The second kappa shape index (κ2) is 4.58. The third-order valence-corrected chi connectivity index (χ3v) is 3.52. The molecule has 4 heteroatoms.